The van der Waals surface area contributed by atoms with Crippen LogP contribution in [0.1, 0.15) is 38.5 Å². The Kier molecular flexibility index (Phi) is 6.33. The van der Waals surface area contributed by atoms with Crippen molar-refractivity contribution in [2.45, 2.75) is 50.3 Å². The van der Waals surface area contributed by atoms with Crippen LogP contribution in [0.15, 0.2) is 0 Å². The average molecular weight is 353 g/mol. The van der Waals surface area contributed by atoms with Crippen LogP contribution >= 0.6 is 0 Å². The van der Waals surface area contributed by atoms with Gasteiger partial charge in [0, 0.05) is 31.6 Å². The van der Waals surface area contributed by atoms with E-state index in [1.165, 1.54) is 0 Å². The fraction of sp³-hybridized carbons (Fsp3) is 0.929. The molecule has 1 heterocycles. The highest BCUT2D eigenvalue weighted by Crippen LogP contribution is 2.24. The number of nitrogens with zero attached hydrogens (tertiary/aromatic N) is 1. The lowest BCUT2D eigenvalue weighted by molar-refractivity contribution is -0.126. The first-order valence-electron chi connectivity index (χ1n) is 8.11. The Morgan fingerprint density at radius 1 is 1.22 bits per heavy atom. The topological polar surface area (TPSA) is 92.5 Å². The number of rotatable bonds is 5. The van der Waals surface area contributed by atoms with E-state index in [9.17, 15) is 22.0 Å². The molecule has 134 valence electrons. The lowest BCUT2D eigenvalue weighted by Crippen LogP contribution is -2.44. The molecule has 23 heavy (non-hydrogen) atoms. The molecule has 1 saturated carbocycles. The molecule has 1 amide bonds. The van der Waals surface area contributed by atoms with Crippen molar-refractivity contribution in [3.05, 3.63) is 0 Å². The summed E-state index contributed by atoms with van der Waals surface area (Å²) in [6.45, 7) is 0.635. The molecule has 1 saturated heterocycles. The smallest absolute Gasteiger partial charge is 0.350 e. The van der Waals surface area contributed by atoms with Gasteiger partial charge in [-0.3, -0.25) is 4.79 Å². The van der Waals surface area contributed by atoms with Gasteiger partial charge in [0.1, 0.15) is 0 Å². The minimum atomic E-state index is -4.48. The highest BCUT2D eigenvalue weighted by atomic mass is 32.2. The molecule has 2 unspecified atom stereocenters. The predicted molar refractivity (Wildman–Crippen MR) is 82.2 cm³/mol. The number of hydrogen-bond donors (Lipinski definition) is 2. The van der Waals surface area contributed by atoms with Gasteiger partial charge in [-0.1, -0.05) is 6.42 Å². The third kappa shape index (κ3) is 4.84. The fourth-order valence-corrected chi connectivity index (χ4v) is 4.28. The molecule has 6 nitrogen and oxygen atoms in total. The third-order valence-corrected chi connectivity index (χ3v) is 6.34. The maximum atomic E-state index is 12.5. The van der Waals surface area contributed by atoms with Gasteiger partial charge in [0.15, 0.2) is 0 Å². The van der Waals surface area contributed by atoms with Crippen LogP contribution in [0.25, 0.3) is 0 Å². The molecule has 2 atom stereocenters. The second-order valence-corrected chi connectivity index (χ2v) is 8.42. The molecule has 1 aliphatic heterocycles. The third-order valence-electron chi connectivity index (χ3n) is 4.81. The number of hydrogen-bond acceptors (Lipinski definition) is 4. The Balaban J connectivity index is 1.73. The molecule has 0 aromatic rings. The number of carbonyl (C=O) groups excluding carboxylic acids is 1. The van der Waals surface area contributed by atoms with Gasteiger partial charge >= 0.3 is 5.76 Å². The summed E-state index contributed by atoms with van der Waals surface area (Å²) < 4.78 is 48.6. The molecule has 0 aromatic carbocycles. The monoisotopic (exact) mass is 353 g/mol. The zero-order chi connectivity index (χ0) is 17.0. The Hall–Kier alpha value is -0.800. The van der Waals surface area contributed by atoms with E-state index in [4.69, 9.17) is 5.73 Å². The maximum Gasteiger partial charge on any atom is 0.350 e. The second kappa shape index (κ2) is 7.85. The van der Waals surface area contributed by atoms with Gasteiger partial charge in [-0.25, -0.2) is 8.42 Å². The first kappa shape index (κ1) is 18.5. The summed E-state index contributed by atoms with van der Waals surface area (Å²) in [4.78, 5) is 12.1. The predicted octanol–water partition coefficient (Wildman–Crippen LogP) is 0.884. The van der Waals surface area contributed by atoms with Gasteiger partial charge in [-0.2, -0.15) is 13.1 Å². The summed E-state index contributed by atoms with van der Waals surface area (Å²) in [5.41, 5.74) is 5.88. The molecule has 2 rings (SSSR count). The van der Waals surface area contributed by atoms with Crippen molar-refractivity contribution in [3.8, 4) is 0 Å². The summed E-state index contributed by atoms with van der Waals surface area (Å²) in [6.07, 6.45) is 4.44. The Bertz CT molecular complexity index is 507. The van der Waals surface area contributed by atoms with Crippen LogP contribution in [0.5, 0.6) is 0 Å². The minimum Gasteiger partial charge on any atom is -0.356 e. The number of nitrogens with two attached hydrogens (primary N) is 1. The molecule has 0 bridgehead atoms. The number of carbonyl (C=O) groups is 1. The average Bonchev–Trinajstić information content (AvgIpc) is 2.52. The number of halogens is 2. The summed E-state index contributed by atoms with van der Waals surface area (Å²) in [5, 5.41) is 2.91. The fourth-order valence-electron chi connectivity index (χ4n) is 3.34. The van der Waals surface area contributed by atoms with Gasteiger partial charge in [0.25, 0.3) is 10.0 Å². The summed E-state index contributed by atoms with van der Waals surface area (Å²) in [5.74, 6) is -3.28. The molecule has 1 aliphatic carbocycles. The number of sulfonamides is 1. The van der Waals surface area contributed by atoms with E-state index in [0.29, 0.717) is 25.8 Å². The van der Waals surface area contributed by atoms with E-state index in [0.717, 1.165) is 23.6 Å². The van der Waals surface area contributed by atoms with Crippen LogP contribution in [-0.4, -0.2) is 50.1 Å². The van der Waals surface area contributed by atoms with E-state index < -0.39 is 15.8 Å². The van der Waals surface area contributed by atoms with Crippen molar-refractivity contribution < 1.29 is 22.0 Å². The first-order valence-corrected chi connectivity index (χ1v) is 9.61. The van der Waals surface area contributed by atoms with Crippen molar-refractivity contribution in [2.24, 2.45) is 17.6 Å². The van der Waals surface area contributed by atoms with Gasteiger partial charge < -0.3 is 11.1 Å². The highest BCUT2D eigenvalue weighted by molar-refractivity contribution is 7.89. The molecular weight excluding hydrogens is 328 g/mol. The highest BCUT2D eigenvalue weighted by Gasteiger charge is 2.35. The lowest BCUT2D eigenvalue weighted by Gasteiger charge is -2.31. The largest absolute Gasteiger partial charge is 0.356 e. The van der Waals surface area contributed by atoms with Crippen molar-refractivity contribution >= 4 is 15.9 Å². The van der Waals surface area contributed by atoms with Gasteiger partial charge in [-0.15, -0.1) is 0 Å². The molecule has 2 fully saturated rings. The SMILES string of the molecule is NC1CCCC(C(=O)NCC2CCN(S(=O)(=O)C(F)F)CC2)C1. The minimum absolute atomic E-state index is 0.00258. The number of amides is 1. The lowest BCUT2D eigenvalue weighted by atomic mass is 9.85. The van der Waals surface area contributed by atoms with Crippen molar-refractivity contribution in [1.29, 1.82) is 0 Å². The van der Waals surface area contributed by atoms with E-state index >= 15 is 0 Å². The van der Waals surface area contributed by atoms with E-state index in [1.54, 1.807) is 0 Å². The zero-order valence-electron chi connectivity index (χ0n) is 13.1. The zero-order valence-corrected chi connectivity index (χ0v) is 13.9. The van der Waals surface area contributed by atoms with E-state index in [1.807, 2.05) is 0 Å². The molecule has 3 N–H and O–H groups in total. The Morgan fingerprint density at radius 2 is 1.87 bits per heavy atom. The quantitative estimate of drug-likeness (QED) is 0.767. The van der Waals surface area contributed by atoms with Crippen LogP contribution in [0, 0.1) is 11.8 Å². The van der Waals surface area contributed by atoms with Gasteiger partial charge in [-0.05, 0) is 38.0 Å². The first-order chi connectivity index (χ1) is 10.8. The van der Waals surface area contributed by atoms with Crippen LogP contribution in [0.4, 0.5) is 8.78 Å². The Labute approximate surface area is 135 Å². The van der Waals surface area contributed by atoms with Crippen LogP contribution in [0.2, 0.25) is 0 Å². The van der Waals surface area contributed by atoms with Crippen molar-refractivity contribution in [2.75, 3.05) is 19.6 Å². The van der Waals surface area contributed by atoms with Crippen LogP contribution in [-0.2, 0) is 14.8 Å². The standard InChI is InChI=1S/C14H25F2N3O3S/c15-14(16)23(21,22)19-6-4-10(5-7-19)9-18-13(20)11-2-1-3-12(17)8-11/h10-12,14H,1-9,17H2,(H,18,20). The number of nitrogens with one attached hydrogen (secondary N) is 1. The second-order valence-electron chi connectivity index (χ2n) is 6.52. The van der Waals surface area contributed by atoms with Crippen molar-refractivity contribution in [1.82, 2.24) is 9.62 Å². The number of alkyl halides is 2. The summed E-state index contributed by atoms with van der Waals surface area (Å²) in [7, 11) is -4.48. The molecule has 2 aliphatic rings. The normalized spacial score (nSPS) is 28.0. The van der Waals surface area contributed by atoms with Crippen LogP contribution in [0.3, 0.4) is 0 Å². The molecule has 9 heteroatoms. The van der Waals surface area contributed by atoms with E-state index in [2.05, 4.69) is 5.32 Å². The molecule has 0 radical (unpaired) electrons. The molecule has 0 spiro atoms. The van der Waals surface area contributed by atoms with Gasteiger partial charge in [0.2, 0.25) is 5.91 Å². The van der Waals surface area contributed by atoms with E-state index in [-0.39, 0.29) is 36.9 Å². The van der Waals surface area contributed by atoms with Gasteiger partial charge in [0.05, 0.1) is 0 Å². The number of piperidine rings is 1. The Morgan fingerprint density at radius 3 is 2.43 bits per heavy atom. The van der Waals surface area contributed by atoms with Crippen molar-refractivity contribution in [3.63, 3.8) is 0 Å². The summed E-state index contributed by atoms with van der Waals surface area (Å²) >= 11 is 0. The maximum absolute atomic E-state index is 12.5. The van der Waals surface area contributed by atoms with Crippen LogP contribution < -0.4 is 11.1 Å². The summed E-state index contributed by atoms with van der Waals surface area (Å²) in [6, 6.07) is 0.0855. The molecular formula is C14H25F2N3O3S. The molecule has 0 aromatic heterocycles.